The number of halogens is 1. The monoisotopic (exact) mass is 314 g/mol. The molecule has 0 amide bonds. The van der Waals surface area contributed by atoms with Gasteiger partial charge in [0.15, 0.2) is 0 Å². The van der Waals surface area contributed by atoms with E-state index in [0.29, 0.717) is 6.61 Å². The van der Waals surface area contributed by atoms with Crippen LogP contribution in [0.4, 0.5) is 0 Å². The van der Waals surface area contributed by atoms with E-state index in [1.165, 1.54) is 6.21 Å². The molecule has 0 saturated heterocycles. The Labute approximate surface area is 116 Å². The van der Waals surface area contributed by atoms with Crippen LogP contribution in [0, 0.1) is 0 Å². The highest BCUT2D eigenvalue weighted by molar-refractivity contribution is 9.10. The SMILES string of the molecule is CCN(CC)CCOc1ccc(Br)cc1C=NO. The summed E-state index contributed by atoms with van der Waals surface area (Å²) in [7, 11) is 0. The predicted octanol–water partition coefficient (Wildman–Crippen LogP) is 2.98. The second-order valence-corrected chi connectivity index (χ2v) is 4.72. The van der Waals surface area contributed by atoms with Crippen LogP contribution in [-0.2, 0) is 0 Å². The van der Waals surface area contributed by atoms with Gasteiger partial charge in [0.2, 0.25) is 0 Å². The molecular formula is C13H19BrN2O2. The number of ether oxygens (including phenoxy) is 1. The molecule has 100 valence electrons. The molecule has 0 radical (unpaired) electrons. The van der Waals surface area contributed by atoms with Crippen molar-refractivity contribution in [1.82, 2.24) is 4.90 Å². The Bertz CT molecular complexity index is 393. The van der Waals surface area contributed by atoms with Gasteiger partial charge in [0, 0.05) is 16.6 Å². The number of oxime groups is 1. The molecule has 1 aromatic rings. The van der Waals surface area contributed by atoms with Crippen molar-refractivity contribution < 1.29 is 9.94 Å². The van der Waals surface area contributed by atoms with Crippen LogP contribution in [0.15, 0.2) is 27.8 Å². The van der Waals surface area contributed by atoms with Gasteiger partial charge in [0.1, 0.15) is 12.4 Å². The highest BCUT2D eigenvalue weighted by Gasteiger charge is 2.04. The molecule has 4 nitrogen and oxygen atoms in total. The standard InChI is InChI=1S/C13H19BrN2O2/c1-3-16(4-2)7-8-18-13-6-5-12(14)9-11(13)10-15-17/h5-6,9-10,17H,3-4,7-8H2,1-2H3. The topological polar surface area (TPSA) is 45.1 Å². The fourth-order valence-electron chi connectivity index (χ4n) is 1.64. The molecule has 5 heteroatoms. The second kappa shape index (κ2) is 8.11. The summed E-state index contributed by atoms with van der Waals surface area (Å²) in [5.41, 5.74) is 0.756. The maximum atomic E-state index is 8.62. The molecule has 1 aromatic carbocycles. The summed E-state index contributed by atoms with van der Waals surface area (Å²) in [5, 5.41) is 11.7. The number of nitrogens with zero attached hydrogens (tertiary/aromatic N) is 2. The first-order valence-corrected chi connectivity index (χ1v) is 6.82. The van der Waals surface area contributed by atoms with Crippen LogP contribution < -0.4 is 4.74 Å². The van der Waals surface area contributed by atoms with E-state index in [9.17, 15) is 0 Å². The van der Waals surface area contributed by atoms with E-state index in [0.717, 1.165) is 35.4 Å². The zero-order valence-electron chi connectivity index (χ0n) is 10.8. The van der Waals surface area contributed by atoms with E-state index in [-0.39, 0.29) is 0 Å². The van der Waals surface area contributed by atoms with Crippen LogP contribution in [0.5, 0.6) is 5.75 Å². The third-order valence-electron chi connectivity index (χ3n) is 2.73. The summed E-state index contributed by atoms with van der Waals surface area (Å²) >= 11 is 3.37. The van der Waals surface area contributed by atoms with E-state index in [2.05, 4.69) is 39.8 Å². The molecule has 0 saturated carbocycles. The van der Waals surface area contributed by atoms with Gasteiger partial charge < -0.3 is 14.8 Å². The summed E-state index contributed by atoms with van der Waals surface area (Å²) in [6.07, 6.45) is 1.37. The maximum Gasteiger partial charge on any atom is 0.128 e. The van der Waals surface area contributed by atoms with E-state index < -0.39 is 0 Å². The Hall–Kier alpha value is -1.07. The van der Waals surface area contributed by atoms with Crippen LogP contribution in [0.3, 0.4) is 0 Å². The van der Waals surface area contributed by atoms with Gasteiger partial charge >= 0.3 is 0 Å². The van der Waals surface area contributed by atoms with Gasteiger partial charge in [-0.3, -0.25) is 0 Å². The first kappa shape index (κ1) is 15.0. The van der Waals surface area contributed by atoms with Crippen molar-refractivity contribution >= 4 is 22.1 Å². The van der Waals surface area contributed by atoms with Crippen molar-refractivity contribution in [3.8, 4) is 5.75 Å². The van der Waals surface area contributed by atoms with Crippen LogP contribution in [-0.4, -0.2) is 42.6 Å². The molecule has 0 heterocycles. The fourth-order valence-corrected chi connectivity index (χ4v) is 2.02. The quantitative estimate of drug-likeness (QED) is 0.478. The largest absolute Gasteiger partial charge is 0.492 e. The number of likely N-dealkylation sites (N-methyl/N-ethyl adjacent to an activating group) is 1. The van der Waals surface area contributed by atoms with Gasteiger partial charge in [-0.2, -0.15) is 0 Å². The summed E-state index contributed by atoms with van der Waals surface area (Å²) in [6, 6.07) is 5.62. The Morgan fingerprint density at radius 1 is 1.39 bits per heavy atom. The molecule has 0 fully saturated rings. The van der Waals surface area contributed by atoms with E-state index >= 15 is 0 Å². The van der Waals surface area contributed by atoms with E-state index in [1.807, 2.05) is 18.2 Å². The van der Waals surface area contributed by atoms with Gasteiger partial charge in [-0.05, 0) is 31.3 Å². The fraction of sp³-hybridized carbons (Fsp3) is 0.462. The van der Waals surface area contributed by atoms with Gasteiger partial charge in [-0.25, -0.2) is 0 Å². The molecule has 0 bridgehead atoms. The highest BCUT2D eigenvalue weighted by atomic mass is 79.9. The van der Waals surface area contributed by atoms with Gasteiger partial charge in [-0.1, -0.05) is 34.9 Å². The molecular weight excluding hydrogens is 296 g/mol. The van der Waals surface area contributed by atoms with Gasteiger partial charge in [0.05, 0.1) is 6.21 Å². The summed E-state index contributed by atoms with van der Waals surface area (Å²) in [6.45, 7) is 7.81. The zero-order chi connectivity index (χ0) is 13.4. The van der Waals surface area contributed by atoms with Crippen molar-refractivity contribution in [3.63, 3.8) is 0 Å². The first-order valence-electron chi connectivity index (χ1n) is 6.03. The first-order chi connectivity index (χ1) is 8.71. The third-order valence-corrected chi connectivity index (χ3v) is 3.22. The van der Waals surface area contributed by atoms with Crippen molar-refractivity contribution in [2.24, 2.45) is 5.16 Å². The normalized spacial score (nSPS) is 11.3. The molecule has 0 aliphatic heterocycles. The summed E-state index contributed by atoms with van der Waals surface area (Å²) < 4.78 is 6.64. The minimum Gasteiger partial charge on any atom is -0.492 e. The Kier molecular flexibility index (Phi) is 6.75. The molecule has 1 N–H and O–H groups in total. The molecule has 0 aromatic heterocycles. The van der Waals surface area contributed by atoms with E-state index in [1.54, 1.807) is 0 Å². The lowest BCUT2D eigenvalue weighted by atomic mass is 10.2. The molecule has 0 unspecified atom stereocenters. The number of rotatable bonds is 7. The number of benzene rings is 1. The van der Waals surface area contributed by atoms with Crippen LogP contribution >= 0.6 is 15.9 Å². The molecule has 1 rings (SSSR count). The minimum atomic E-state index is 0.621. The number of hydrogen-bond acceptors (Lipinski definition) is 4. The van der Waals surface area contributed by atoms with E-state index in [4.69, 9.17) is 9.94 Å². The van der Waals surface area contributed by atoms with Crippen LogP contribution in [0.25, 0.3) is 0 Å². The molecule has 0 aliphatic rings. The maximum absolute atomic E-state index is 8.62. The number of hydrogen-bond donors (Lipinski definition) is 1. The molecule has 0 spiro atoms. The van der Waals surface area contributed by atoms with Crippen molar-refractivity contribution in [1.29, 1.82) is 0 Å². The average molecular weight is 315 g/mol. The Morgan fingerprint density at radius 2 is 2.11 bits per heavy atom. The predicted molar refractivity (Wildman–Crippen MR) is 76.8 cm³/mol. The van der Waals surface area contributed by atoms with Gasteiger partial charge in [0.25, 0.3) is 0 Å². The van der Waals surface area contributed by atoms with Crippen molar-refractivity contribution in [2.75, 3.05) is 26.2 Å². The average Bonchev–Trinajstić information content (AvgIpc) is 2.37. The molecule has 0 atom stereocenters. The van der Waals surface area contributed by atoms with Crippen LogP contribution in [0.1, 0.15) is 19.4 Å². The lowest BCUT2D eigenvalue weighted by Gasteiger charge is -2.18. The van der Waals surface area contributed by atoms with Crippen LogP contribution in [0.2, 0.25) is 0 Å². The summed E-state index contributed by atoms with van der Waals surface area (Å²) in [4.78, 5) is 2.29. The zero-order valence-corrected chi connectivity index (χ0v) is 12.4. The lowest BCUT2D eigenvalue weighted by molar-refractivity contribution is 0.222. The van der Waals surface area contributed by atoms with Gasteiger partial charge in [-0.15, -0.1) is 0 Å². The Balaban J connectivity index is 2.61. The lowest BCUT2D eigenvalue weighted by Crippen LogP contribution is -2.28. The Morgan fingerprint density at radius 3 is 2.72 bits per heavy atom. The van der Waals surface area contributed by atoms with Crippen molar-refractivity contribution in [2.45, 2.75) is 13.8 Å². The summed E-state index contributed by atoms with van der Waals surface area (Å²) in [5.74, 6) is 0.725. The van der Waals surface area contributed by atoms with Crippen molar-refractivity contribution in [3.05, 3.63) is 28.2 Å². The molecule has 18 heavy (non-hydrogen) atoms. The minimum absolute atomic E-state index is 0.621. The third kappa shape index (κ3) is 4.66. The molecule has 0 aliphatic carbocycles. The smallest absolute Gasteiger partial charge is 0.128 e. The second-order valence-electron chi connectivity index (χ2n) is 3.80. The highest BCUT2D eigenvalue weighted by Crippen LogP contribution is 2.21.